The molecule has 4 aromatic rings. The lowest BCUT2D eigenvalue weighted by Crippen LogP contribution is -2.41. The summed E-state index contributed by atoms with van der Waals surface area (Å²) in [5, 5.41) is 0.973. The van der Waals surface area contributed by atoms with Crippen molar-refractivity contribution in [2.24, 2.45) is 5.92 Å². The number of piperidine rings is 1. The molecule has 1 N–H and O–H groups in total. The lowest BCUT2D eigenvalue weighted by Gasteiger charge is -2.33. The minimum Gasteiger partial charge on any atom is -0.450 e. The molecule has 1 atom stereocenters. The second-order valence-corrected chi connectivity index (χ2v) is 9.86. The fourth-order valence-corrected chi connectivity index (χ4v) is 5.31. The molecule has 7 nitrogen and oxygen atoms in total. The Morgan fingerprint density at radius 2 is 1.94 bits per heavy atom. The maximum atomic E-state index is 12.7. The Kier molecular flexibility index (Phi) is 5.11. The number of rotatable bonds is 5. The number of fused-ring (bicyclic) bond motifs is 3. The molecular weight excluding hydrogens is 412 g/mol. The van der Waals surface area contributed by atoms with Crippen LogP contribution in [0.5, 0.6) is 0 Å². The molecule has 1 aliphatic heterocycles. The molecular formula is C23H24N4O3S. The van der Waals surface area contributed by atoms with Gasteiger partial charge in [0.1, 0.15) is 17.4 Å². The quantitative estimate of drug-likeness (QED) is 0.511. The monoisotopic (exact) mass is 436 g/mol. The van der Waals surface area contributed by atoms with E-state index in [9.17, 15) is 8.42 Å². The molecule has 31 heavy (non-hydrogen) atoms. The van der Waals surface area contributed by atoms with Gasteiger partial charge in [-0.15, -0.1) is 0 Å². The van der Waals surface area contributed by atoms with Crippen molar-refractivity contribution in [3.8, 4) is 0 Å². The summed E-state index contributed by atoms with van der Waals surface area (Å²) >= 11 is 0. The average molecular weight is 437 g/mol. The predicted molar refractivity (Wildman–Crippen MR) is 121 cm³/mol. The van der Waals surface area contributed by atoms with E-state index in [0.717, 1.165) is 47.3 Å². The highest BCUT2D eigenvalue weighted by molar-refractivity contribution is 7.89. The van der Waals surface area contributed by atoms with Gasteiger partial charge in [0.25, 0.3) is 0 Å². The number of nitrogens with zero attached hydrogens (tertiary/aromatic N) is 3. The third-order valence-corrected chi connectivity index (χ3v) is 7.29. The van der Waals surface area contributed by atoms with Gasteiger partial charge >= 0.3 is 0 Å². The van der Waals surface area contributed by atoms with Gasteiger partial charge in [-0.2, -0.15) is 0 Å². The van der Waals surface area contributed by atoms with E-state index in [1.807, 2.05) is 43.3 Å². The number of aromatic nitrogens is 2. The van der Waals surface area contributed by atoms with Crippen LogP contribution in [-0.2, 0) is 10.0 Å². The Labute approximate surface area is 181 Å². The van der Waals surface area contributed by atoms with Crippen molar-refractivity contribution < 1.29 is 12.8 Å². The summed E-state index contributed by atoms with van der Waals surface area (Å²) in [6.45, 7) is 3.89. The van der Waals surface area contributed by atoms with Crippen LogP contribution in [-0.4, -0.2) is 38.0 Å². The minimum absolute atomic E-state index is 0.184. The molecule has 2 aromatic carbocycles. The first kappa shape index (κ1) is 20.0. The first-order valence-corrected chi connectivity index (χ1v) is 11.9. The standard InChI is InChI=1S/C23H24N4O3S/c1-16-8-10-18(11-9-16)31(28,29)26-13-17-5-4-12-27(14-17)23-22-21(24-15-25-23)19-6-2-3-7-20(19)30-22/h2-3,6-11,15,17,26H,4-5,12-14H2,1H3. The third-order valence-electron chi connectivity index (χ3n) is 5.85. The number of para-hydroxylation sites is 1. The van der Waals surface area contributed by atoms with E-state index in [-0.39, 0.29) is 5.92 Å². The molecule has 5 rings (SSSR count). The van der Waals surface area contributed by atoms with E-state index in [4.69, 9.17) is 4.42 Å². The number of furan rings is 1. The molecule has 0 spiro atoms. The van der Waals surface area contributed by atoms with Crippen LogP contribution < -0.4 is 9.62 Å². The van der Waals surface area contributed by atoms with Gasteiger partial charge in [-0.25, -0.2) is 23.1 Å². The minimum atomic E-state index is -3.52. The fraction of sp³-hybridized carbons (Fsp3) is 0.304. The van der Waals surface area contributed by atoms with Crippen LogP contribution in [0.4, 0.5) is 5.82 Å². The molecule has 0 radical (unpaired) electrons. The van der Waals surface area contributed by atoms with Crippen molar-refractivity contribution in [3.63, 3.8) is 0 Å². The summed E-state index contributed by atoms with van der Waals surface area (Å²) in [5.41, 5.74) is 3.31. The van der Waals surface area contributed by atoms with Crippen LogP contribution in [0.3, 0.4) is 0 Å². The molecule has 0 bridgehead atoms. The Balaban J connectivity index is 1.34. The van der Waals surface area contributed by atoms with Gasteiger partial charge in [0.05, 0.1) is 4.90 Å². The van der Waals surface area contributed by atoms with Gasteiger partial charge < -0.3 is 9.32 Å². The maximum Gasteiger partial charge on any atom is 0.240 e. The van der Waals surface area contributed by atoms with Crippen molar-refractivity contribution in [3.05, 3.63) is 60.4 Å². The molecule has 8 heteroatoms. The Bertz CT molecular complexity index is 1330. The Hall–Kier alpha value is -2.97. The van der Waals surface area contributed by atoms with E-state index in [0.29, 0.717) is 23.6 Å². The molecule has 1 saturated heterocycles. The van der Waals surface area contributed by atoms with Gasteiger partial charge in [-0.1, -0.05) is 29.8 Å². The lowest BCUT2D eigenvalue weighted by molar-refractivity contribution is 0.409. The normalized spacial score (nSPS) is 17.5. The van der Waals surface area contributed by atoms with E-state index < -0.39 is 10.0 Å². The number of sulfonamides is 1. The SMILES string of the molecule is Cc1ccc(S(=O)(=O)NCC2CCCN(c3ncnc4c3oc3ccccc34)C2)cc1. The number of anilines is 1. The molecule has 2 aromatic heterocycles. The fourth-order valence-electron chi connectivity index (χ4n) is 4.19. The van der Waals surface area contributed by atoms with Gasteiger partial charge in [-0.05, 0) is 49.9 Å². The van der Waals surface area contributed by atoms with E-state index in [2.05, 4.69) is 19.6 Å². The third kappa shape index (κ3) is 3.88. The van der Waals surface area contributed by atoms with Crippen molar-refractivity contribution in [2.45, 2.75) is 24.7 Å². The van der Waals surface area contributed by atoms with Crippen molar-refractivity contribution in [1.82, 2.24) is 14.7 Å². The highest BCUT2D eigenvalue weighted by Gasteiger charge is 2.26. The number of aryl methyl sites for hydroxylation is 1. The van der Waals surface area contributed by atoms with Gasteiger partial charge in [0.2, 0.25) is 10.0 Å². The average Bonchev–Trinajstić information content (AvgIpc) is 3.17. The summed E-state index contributed by atoms with van der Waals surface area (Å²) in [4.78, 5) is 11.4. The van der Waals surface area contributed by atoms with E-state index in [1.54, 1.807) is 18.5 Å². The number of benzene rings is 2. The van der Waals surface area contributed by atoms with Crippen LogP contribution in [0, 0.1) is 12.8 Å². The molecule has 1 aliphatic rings. The zero-order chi connectivity index (χ0) is 21.4. The van der Waals surface area contributed by atoms with E-state index in [1.165, 1.54) is 0 Å². The topological polar surface area (TPSA) is 88.3 Å². The summed E-state index contributed by atoms with van der Waals surface area (Å²) in [7, 11) is -3.52. The van der Waals surface area contributed by atoms with Crippen LogP contribution in [0.25, 0.3) is 22.1 Å². The number of hydrogen-bond acceptors (Lipinski definition) is 6. The van der Waals surface area contributed by atoms with Crippen molar-refractivity contribution >= 4 is 37.9 Å². The number of hydrogen-bond donors (Lipinski definition) is 1. The van der Waals surface area contributed by atoms with Crippen LogP contribution in [0.15, 0.2) is 64.2 Å². The number of nitrogens with one attached hydrogen (secondary N) is 1. The smallest absolute Gasteiger partial charge is 0.240 e. The van der Waals surface area contributed by atoms with Crippen molar-refractivity contribution in [1.29, 1.82) is 0 Å². The lowest BCUT2D eigenvalue weighted by atomic mass is 9.98. The molecule has 0 aliphatic carbocycles. The maximum absolute atomic E-state index is 12.7. The summed E-state index contributed by atoms with van der Waals surface area (Å²) in [6, 6.07) is 14.7. The molecule has 3 heterocycles. The molecule has 0 saturated carbocycles. The molecule has 1 fully saturated rings. The first-order valence-electron chi connectivity index (χ1n) is 10.4. The van der Waals surface area contributed by atoms with Gasteiger partial charge in [0, 0.05) is 25.0 Å². The van der Waals surface area contributed by atoms with Gasteiger partial charge in [-0.3, -0.25) is 0 Å². The van der Waals surface area contributed by atoms with Crippen molar-refractivity contribution in [2.75, 3.05) is 24.5 Å². The zero-order valence-electron chi connectivity index (χ0n) is 17.3. The highest BCUT2D eigenvalue weighted by atomic mass is 32.2. The first-order chi connectivity index (χ1) is 15.0. The highest BCUT2D eigenvalue weighted by Crippen LogP contribution is 2.33. The molecule has 1 unspecified atom stereocenters. The van der Waals surface area contributed by atoms with E-state index >= 15 is 0 Å². The Morgan fingerprint density at radius 1 is 1.13 bits per heavy atom. The molecule has 160 valence electrons. The second kappa shape index (κ2) is 7.94. The summed E-state index contributed by atoms with van der Waals surface area (Å²) in [5.74, 6) is 0.954. The summed E-state index contributed by atoms with van der Waals surface area (Å²) in [6.07, 6.45) is 3.49. The van der Waals surface area contributed by atoms with Crippen LogP contribution in [0.1, 0.15) is 18.4 Å². The largest absolute Gasteiger partial charge is 0.450 e. The van der Waals surface area contributed by atoms with Gasteiger partial charge in [0.15, 0.2) is 11.4 Å². The summed E-state index contributed by atoms with van der Waals surface area (Å²) < 4.78 is 34.2. The Morgan fingerprint density at radius 3 is 2.77 bits per heavy atom. The predicted octanol–water partition coefficient (Wildman–Crippen LogP) is 3.88. The molecule has 0 amide bonds. The second-order valence-electron chi connectivity index (χ2n) is 8.09. The van der Waals surface area contributed by atoms with Crippen LogP contribution in [0.2, 0.25) is 0 Å². The van der Waals surface area contributed by atoms with Crippen LogP contribution >= 0.6 is 0 Å². The zero-order valence-corrected chi connectivity index (χ0v) is 18.1.